The molecule has 1 aromatic heterocycles. The highest BCUT2D eigenvalue weighted by molar-refractivity contribution is 5.79. The van der Waals surface area contributed by atoms with Crippen LogP contribution in [0.5, 0.6) is 5.75 Å². The number of rotatable bonds is 2. The first kappa shape index (κ1) is 20.3. The quantitative estimate of drug-likeness (QED) is 0.710. The van der Waals surface area contributed by atoms with Crippen LogP contribution in [-0.2, 0) is 10.4 Å². The monoisotopic (exact) mass is 434 g/mol. The van der Waals surface area contributed by atoms with Crippen molar-refractivity contribution in [2.24, 2.45) is 5.92 Å². The number of amides is 1. The number of aromatic nitrogens is 2. The molecular formula is C26H34N4O2. The van der Waals surface area contributed by atoms with Crippen molar-refractivity contribution < 1.29 is 9.53 Å². The average Bonchev–Trinajstić information content (AvgIpc) is 3.51. The molecule has 0 radical (unpaired) electrons. The van der Waals surface area contributed by atoms with Crippen LogP contribution in [0.2, 0.25) is 0 Å². The van der Waals surface area contributed by atoms with E-state index in [1.807, 2.05) is 0 Å². The van der Waals surface area contributed by atoms with E-state index in [9.17, 15) is 4.79 Å². The van der Waals surface area contributed by atoms with E-state index < -0.39 is 0 Å². The zero-order valence-corrected chi connectivity index (χ0v) is 19.1. The van der Waals surface area contributed by atoms with E-state index in [1.54, 1.807) is 0 Å². The molecule has 1 amide bonds. The second-order valence-corrected chi connectivity index (χ2v) is 10.3. The van der Waals surface area contributed by atoms with Crippen molar-refractivity contribution in [3.05, 3.63) is 36.0 Å². The molecule has 170 valence electrons. The second kappa shape index (κ2) is 7.91. The van der Waals surface area contributed by atoms with Crippen molar-refractivity contribution >= 4 is 5.91 Å². The summed E-state index contributed by atoms with van der Waals surface area (Å²) in [5, 5.41) is 4.95. The van der Waals surface area contributed by atoms with Gasteiger partial charge in [-0.15, -0.1) is 0 Å². The molecule has 0 unspecified atom stereocenters. The zero-order valence-electron chi connectivity index (χ0n) is 19.1. The lowest BCUT2D eigenvalue weighted by Crippen LogP contribution is -2.50. The summed E-state index contributed by atoms with van der Waals surface area (Å²) in [5.41, 5.74) is 3.26. The molecule has 4 heterocycles. The van der Waals surface area contributed by atoms with Gasteiger partial charge in [0, 0.05) is 43.0 Å². The van der Waals surface area contributed by atoms with Crippen LogP contribution in [0, 0.1) is 5.92 Å². The maximum atomic E-state index is 13.0. The van der Waals surface area contributed by atoms with Gasteiger partial charge in [-0.05, 0) is 58.0 Å². The summed E-state index contributed by atoms with van der Waals surface area (Å²) in [7, 11) is 2.20. The van der Waals surface area contributed by atoms with Crippen molar-refractivity contribution in [2.75, 3.05) is 33.2 Å². The third kappa shape index (κ3) is 3.26. The standard InChI is InChI=1S/C26H34N4O2/c1-28-14-10-20(11-15-28)30-24-21-8-4-5-9-23(21)32-26(22(24)18-27-30)12-16-29(17-13-26)25(31)19-6-2-3-7-19/h4-5,8-9,18-20H,2-3,6-7,10-17H2,1H3. The van der Waals surface area contributed by atoms with Gasteiger partial charge in [0.25, 0.3) is 0 Å². The molecule has 6 heteroatoms. The van der Waals surface area contributed by atoms with E-state index in [0.717, 1.165) is 76.0 Å². The van der Waals surface area contributed by atoms with Crippen LogP contribution in [0.1, 0.15) is 63.0 Å². The molecular weight excluding hydrogens is 400 g/mol. The number of likely N-dealkylation sites (tertiary alicyclic amines) is 2. The summed E-state index contributed by atoms with van der Waals surface area (Å²) in [6.45, 7) is 3.77. The van der Waals surface area contributed by atoms with Crippen molar-refractivity contribution in [1.29, 1.82) is 0 Å². The first-order chi connectivity index (χ1) is 15.6. The highest BCUT2D eigenvalue weighted by atomic mass is 16.5. The first-order valence-electron chi connectivity index (χ1n) is 12.5. The number of nitrogens with zero attached hydrogens (tertiary/aromatic N) is 4. The van der Waals surface area contributed by atoms with E-state index in [-0.39, 0.29) is 11.5 Å². The smallest absolute Gasteiger partial charge is 0.225 e. The molecule has 1 spiro atoms. The maximum absolute atomic E-state index is 13.0. The van der Waals surface area contributed by atoms with Gasteiger partial charge in [-0.2, -0.15) is 5.10 Å². The first-order valence-corrected chi connectivity index (χ1v) is 12.5. The number of fused-ring (bicyclic) bond motifs is 4. The Morgan fingerprint density at radius 3 is 2.50 bits per heavy atom. The fourth-order valence-corrected chi connectivity index (χ4v) is 6.39. The Morgan fingerprint density at radius 2 is 1.75 bits per heavy atom. The van der Waals surface area contributed by atoms with E-state index in [1.165, 1.54) is 24.1 Å². The van der Waals surface area contributed by atoms with E-state index in [0.29, 0.717) is 11.9 Å². The molecule has 4 aliphatic rings. The molecule has 1 aromatic carbocycles. The molecule has 2 saturated heterocycles. The van der Waals surface area contributed by atoms with Crippen molar-refractivity contribution in [1.82, 2.24) is 19.6 Å². The van der Waals surface area contributed by atoms with E-state index >= 15 is 0 Å². The van der Waals surface area contributed by atoms with E-state index in [4.69, 9.17) is 9.84 Å². The van der Waals surface area contributed by atoms with E-state index in [2.05, 4.69) is 52.0 Å². The Balaban J connectivity index is 1.31. The summed E-state index contributed by atoms with van der Waals surface area (Å²) in [4.78, 5) is 17.5. The second-order valence-electron chi connectivity index (χ2n) is 10.3. The Morgan fingerprint density at radius 1 is 1.03 bits per heavy atom. The third-order valence-corrected chi connectivity index (χ3v) is 8.35. The highest BCUT2D eigenvalue weighted by Crippen LogP contribution is 2.50. The molecule has 0 atom stereocenters. The molecule has 1 saturated carbocycles. The minimum absolute atomic E-state index is 0.250. The predicted molar refractivity (Wildman–Crippen MR) is 124 cm³/mol. The van der Waals surface area contributed by atoms with Gasteiger partial charge in [-0.3, -0.25) is 9.48 Å². The molecule has 1 aliphatic carbocycles. The minimum Gasteiger partial charge on any atom is -0.482 e. The third-order valence-electron chi connectivity index (χ3n) is 8.35. The van der Waals surface area contributed by atoms with Gasteiger partial charge >= 0.3 is 0 Å². The maximum Gasteiger partial charge on any atom is 0.225 e. The fraction of sp³-hybridized carbons (Fsp3) is 0.615. The molecule has 2 aromatic rings. The normalized spacial score (nSPS) is 23.7. The molecule has 3 aliphatic heterocycles. The van der Waals surface area contributed by atoms with Crippen LogP contribution in [0.4, 0.5) is 0 Å². The number of para-hydroxylation sites is 1. The van der Waals surface area contributed by atoms with Crippen molar-refractivity contribution in [3.8, 4) is 17.0 Å². The van der Waals surface area contributed by atoms with Gasteiger partial charge in [-0.1, -0.05) is 25.0 Å². The lowest BCUT2D eigenvalue weighted by Gasteiger charge is -2.45. The van der Waals surface area contributed by atoms with Gasteiger partial charge in [0.15, 0.2) is 0 Å². The molecule has 0 N–H and O–H groups in total. The molecule has 6 nitrogen and oxygen atoms in total. The summed E-state index contributed by atoms with van der Waals surface area (Å²) < 4.78 is 9.05. The highest BCUT2D eigenvalue weighted by Gasteiger charge is 2.47. The lowest BCUT2D eigenvalue weighted by atomic mass is 9.80. The summed E-state index contributed by atoms with van der Waals surface area (Å²) >= 11 is 0. The topological polar surface area (TPSA) is 50.6 Å². The van der Waals surface area contributed by atoms with Crippen LogP contribution in [0.3, 0.4) is 0 Å². The van der Waals surface area contributed by atoms with Crippen LogP contribution >= 0.6 is 0 Å². The number of carbonyl (C=O) groups excluding carboxylic acids is 1. The van der Waals surface area contributed by atoms with Gasteiger partial charge < -0.3 is 14.5 Å². The van der Waals surface area contributed by atoms with Crippen LogP contribution < -0.4 is 4.74 Å². The number of hydrogen-bond acceptors (Lipinski definition) is 4. The SMILES string of the molecule is CN1CCC(n2ncc3c2-c2ccccc2OC32CCN(C(=O)C3CCCC3)CC2)CC1. The predicted octanol–water partition coefficient (Wildman–Crippen LogP) is 4.22. The van der Waals surface area contributed by atoms with Crippen LogP contribution in [-0.4, -0.2) is 58.7 Å². The number of carbonyl (C=O) groups is 1. The van der Waals surface area contributed by atoms with Crippen molar-refractivity contribution in [3.63, 3.8) is 0 Å². The minimum atomic E-state index is -0.375. The van der Waals surface area contributed by atoms with Gasteiger partial charge in [0.2, 0.25) is 5.91 Å². The van der Waals surface area contributed by atoms with Gasteiger partial charge in [-0.25, -0.2) is 0 Å². The fourth-order valence-electron chi connectivity index (χ4n) is 6.39. The Hall–Kier alpha value is -2.34. The summed E-state index contributed by atoms with van der Waals surface area (Å²) in [6.07, 6.45) is 10.5. The lowest BCUT2D eigenvalue weighted by molar-refractivity contribution is -0.139. The number of hydrogen-bond donors (Lipinski definition) is 0. The number of ether oxygens (including phenoxy) is 1. The van der Waals surface area contributed by atoms with Crippen LogP contribution in [0.15, 0.2) is 30.5 Å². The Kier molecular flexibility index (Phi) is 5.01. The Labute approximate surface area is 190 Å². The molecule has 6 rings (SSSR count). The number of benzene rings is 1. The summed E-state index contributed by atoms with van der Waals surface area (Å²) in [5.74, 6) is 1.58. The number of piperidine rings is 2. The van der Waals surface area contributed by atoms with Gasteiger partial charge in [0.1, 0.15) is 11.4 Å². The van der Waals surface area contributed by atoms with Crippen LogP contribution in [0.25, 0.3) is 11.3 Å². The van der Waals surface area contributed by atoms with Gasteiger partial charge in [0.05, 0.1) is 17.9 Å². The molecule has 0 bridgehead atoms. The summed E-state index contributed by atoms with van der Waals surface area (Å²) in [6, 6.07) is 8.86. The zero-order chi connectivity index (χ0) is 21.7. The largest absolute Gasteiger partial charge is 0.482 e. The molecule has 32 heavy (non-hydrogen) atoms. The average molecular weight is 435 g/mol. The Bertz CT molecular complexity index is 993. The molecule has 3 fully saturated rings. The van der Waals surface area contributed by atoms with Crippen molar-refractivity contribution in [2.45, 2.75) is 63.0 Å².